The third kappa shape index (κ3) is 4.22. The lowest BCUT2D eigenvalue weighted by molar-refractivity contribution is 0.614. The molecule has 0 saturated carbocycles. The molecule has 0 spiro atoms. The van der Waals surface area contributed by atoms with Crippen LogP contribution in [0.3, 0.4) is 0 Å². The van der Waals surface area contributed by atoms with Crippen LogP contribution < -0.4 is 5.32 Å². The molecule has 1 atom stereocenters. The van der Waals surface area contributed by atoms with Crippen molar-refractivity contribution in [1.82, 2.24) is 5.32 Å². The number of aryl methyl sites for hydroxylation is 1. The fourth-order valence-electron chi connectivity index (χ4n) is 2.33. The van der Waals surface area contributed by atoms with E-state index >= 15 is 0 Å². The summed E-state index contributed by atoms with van der Waals surface area (Å²) in [5.74, 6) is 0.568. The number of hydrogen-bond acceptors (Lipinski definition) is 1. The van der Waals surface area contributed by atoms with Crippen LogP contribution >= 0.6 is 0 Å². The molecule has 1 heteroatoms. The van der Waals surface area contributed by atoms with Gasteiger partial charge in [0.2, 0.25) is 0 Å². The number of benzene rings is 2. The molecule has 0 saturated heterocycles. The van der Waals surface area contributed by atoms with Crippen molar-refractivity contribution in [3.05, 3.63) is 71.3 Å². The van der Waals surface area contributed by atoms with Crippen molar-refractivity contribution in [2.24, 2.45) is 0 Å². The third-order valence-electron chi connectivity index (χ3n) is 3.65. The molecule has 0 aliphatic carbocycles. The summed E-state index contributed by atoms with van der Waals surface area (Å²) in [6, 6.07) is 19.3. The van der Waals surface area contributed by atoms with E-state index in [0.717, 1.165) is 19.5 Å². The zero-order valence-corrected chi connectivity index (χ0v) is 11.9. The number of rotatable bonds is 6. The van der Waals surface area contributed by atoms with Crippen LogP contribution in [0.2, 0.25) is 0 Å². The first-order valence-corrected chi connectivity index (χ1v) is 7.07. The summed E-state index contributed by atoms with van der Waals surface area (Å²) in [7, 11) is 0. The number of nitrogens with one attached hydrogen (secondary N) is 1. The Labute approximate surface area is 116 Å². The van der Waals surface area contributed by atoms with Gasteiger partial charge in [-0.2, -0.15) is 0 Å². The van der Waals surface area contributed by atoms with Crippen LogP contribution in [0.25, 0.3) is 0 Å². The predicted octanol–water partition coefficient (Wildman–Crippen LogP) is 3.93. The van der Waals surface area contributed by atoms with Crippen molar-refractivity contribution in [2.75, 3.05) is 13.1 Å². The molecule has 2 rings (SSSR count). The lowest BCUT2D eigenvalue weighted by Gasteiger charge is -2.13. The molecule has 19 heavy (non-hydrogen) atoms. The molecule has 100 valence electrons. The minimum absolute atomic E-state index is 0.568. The molecule has 0 radical (unpaired) electrons. The minimum Gasteiger partial charge on any atom is -0.316 e. The summed E-state index contributed by atoms with van der Waals surface area (Å²) >= 11 is 0. The van der Waals surface area contributed by atoms with Crippen molar-refractivity contribution in [2.45, 2.75) is 26.2 Å². The topological polar surface area (TPSA) is 12.0 Å². The standard InChI is InChI=1S/C18H23N/c1-15-8-6-7-11-18(15)12-13-19-14-16(2)17-9-4-3-5-10-17/h3-11,16,19H,12-14H2,1-2H3. The molecule has 1 nitrogen and oxygen atoms in total. The zero-order chi connectivity index (χ0) is 13.5. The van der Waals surface area contributed by atoms with Crippen LogP contribution in [0.4, 0.5) is 0 Å². The van der Waals surface area contributed by atoms with Crippen LogP contribution in [0.15, 0.2) is 54.6 Å². The van der Waals surface area contributed by atoms with Gasteiger partial charge in [0.15, 0.2) is 0 Å². The smallest absolute Gasteiger partial charge is 0.00176 e. The van der Waals surface area contributed by atoms with Gasteiger partial charge in [-0.25, -0.2) is 0 Å². The Morgan fingerprint density at radius 1 is 0.947 bits per heavy atom. The Morgan fingerprint density at radius 2 is 1.63 bits per heavy atom. The van der Waals surface area contributed by atoms with Crippen molar-refractivity contribution in [3.63, 3.8) is 0 Å². The number of hydrogen-bond donors (Lipinski definition) is 1. The molecule has 0 aliphatic rings. The van der Waals surface area contributed by atoms with Gasteiger partial charge in [0.05, 0.1) is 0 Å². The second-order valence-electron chi connectivity index (χ2n) is 5.19. The van der Waals surface area contributed by atoms with Gasteiger partial charge in [-0.15, -0.1) is 0 Å². The summed E-state index contributed by atoms with van der Waals surface area (Å²) in [5.41, 5.74) is 4.24. The van der Waals surface area contributed by atoms with E-state index in [0.29, 0.717) is 5.92 Å². The Bertz CT molecular complexity index is 490. The van der Waals surface area contributed by atoms with Crippen LogP contribution in [-0.2, 0) is 6.42 Å². The Morgan fingerprint density at radius 3 is 2.37 bits per heavy atom. The molecular weight excluding hydrogens is 230 g/mol. The molecule has 0 amide bonds. The van der Waals surface area contributed by atoms with E-state index in [2.05, 4.69) is 73.8 Å². The van der Waals surface area contributed by atoms with E-state index < -0.39 is 0 Å². The van der Waals surface area contributed by atoms with E-state index in [1.165, 1.54) is 16.7 Å². The van der Waals surface area contributed by atoms with Crippen LogP contribution in [-0.4, -0.2) is 13.1 Å². The molecule has 1 N–H and O–H groups in total. The lowest BCUT2D eigenvalue weighted by atomic mass is 10.0. The minimum atomic E-state index is 0.568. The molecule has 2 aromatic carbocycles. The Kier molecular flexibility index (Phi) is 5.17. The van der Waals surface area contributed by atoms with E-state index in [-0.39, 0.29) is 0 Å². The highest BCUT2D eigenvalue weighted by Gasteiger charge is 2.04. The van der Waals surface area contributed by atoms with Crippen molar-refractivity contribution >= 4 is 0 Å². The molecule has 0 aliphatic heterocycles. The van der Waals surface area contributed by atoms with E-state index in [4.69, 9.17) is 0 Å². The van der Waals surface area contributed by atoms with Gasteiger partial charge >= 0.3 is 0 Å². The normalized spacial score (nSPS) is 12.3. The molecular formula is C18H23N. The molecule has 1 unspecified atom stereocenters. The van der Waals surface area contributed by atoms with Gasteiger partial charge in [-0.1, -0.05) is 61.5 Å². The molecule has 2 aromatic rings. The van der Waals surface area contributed by atoms with Crippen LogP contribution in [0, 0.1) is 6.92 Å². The average Bonchev–Trinajstić information content (AvgIpc) is 2.46. The third-order valence-corrected chi connectivity index (χ3v) is 3.65. The van der Waals surface area contributed by atoms with Gasteiger partial charge in [-0.3, -0.25) is 0 Å². The summed E-state index contributed by atoms with van der Waals surface area (Å²) in [6.07, 6.45) is 1.11. The van der Waals surface area contributed by atoms with Crippen LogP contribution in [0.5, 0.6) is 0 Å². The molecule has 0 aromatic heterocycles. The van der Waals surface area contributed by atoms with E-state index in [1.54, 1.807) is 0 Å². The van der Waals surface area contributed by atoms with Gasteiger partial charge in [0.25, 0.3) is 0 Å². The first-order valence-electron chi connectivity index (χ1n) is 7.07. The van der Waals surface area contributed by atoms with Crippen molar-refractivity contribution in [3.8, 4) is 0 Å². The fourth-order valence-corrected chi connectivity index (χ4v) is 2.33. The zero-order valence-electron chi connectivity index (χ0n) is 11.9. The lowest BCUT2D eigenvalue weighted by Crippen LogP contribution is -2.22. The van der Waals surface area contributed by atoms with Gasteiger partial charge in [-0.05, 0) is 42.5 Å². The quantitative estimate of drug-likeness (QED) is 0.769. The summed E-state index contributed by atoms with van der Waals surface area (Å²) < 4.78 is 0. The highest BCUT2D eigenvalue weighted by molar-refractivity contribution is 5.25. The maximum Gasteiger partial charge on any atom is 0.00176 e. The highest BCUT2D eigenvalue weighted by atomic mass is 14.8. The average molecular weight is 253 g/mol. The second kappa shape index (κ2) is 7.10. The fraction of sp³-hybridized carbons (Fsp3) is 0.333. The SMILES string of the molecule is Cc1ccccc1CCNCC(C)c1ccccc1. The van der Waals surface area contributed by atoms with Crippen LogP contribution in [0.1, 0.15) is 29.5 Å². The first-order chi connectivity index (χ1) is 9.27. The maximum absolute atomic E-state index is 3.56. The van der Waals surface area contributed by atoms with E-state index in [1.807, 2.05) is 0 Å². The summed E-state index contributed by atoms with van der Waals surface area (Å²) in [6.45, 7) is 6.54. The Balaban J connectivity index is 1.74. The predicted molar refractivity (Wildman–Crippen MR) is 82.6 cm³/mol. The molecule has 0 heterocycles. The molecule has 0 bridgehead atoms. The van der Waals surface area contributed by atoms with Crippen molar-refractivity contribution in [1.29, 1.82) is 0 Å². The van der Waals surface area contributed by atoms with Gasteiger partial charge in [0, 0.05) is 6.54 Å². The highest BCUT2D eigenvalue weighted by Crippen LogP contribution is 2.13. The van der Waals surface area contributed by atoms with Gasteiger partial charge < -0.3 is 5.32 Å². The van der Waals surface area contributed by atoms with Crippen molar-refractivity contribution < 1.29 is 0 Å². The van der Waals surface area contributed by atoms with E-state index in [9.17, 15) is 0 Å². The largest absolute Gasteiger partial charge is 0.316 e. The first kappa shape index (κ1) is 13.8. The maximum atomic E-state index is 3.56. The second-order valence-corrected chi connectivity index (χ2v) is 5.19. The van der Waals surface area contributed by atoms with Gasteiger partial charge in [0.1, 0.15) is 0 Å². The monoisotopic (exact) mass is 253 g/mol. The summed E-state index contributed by atoms with van der Waals surface area (Å²) in [5, 5.41) is 3.56. The Hall–Kier alpha value is -1.60. The molecule has 0 fully saturated rings. The summed E-state index contributed by atoms with van der Waals surface area (Å²) in [4.78, 5) is 0.